The van der Waals surface area contributed by atoms with E-state index in [4.69, 9.17) is 18.9 Å². The van der Waals surface area contributed by atoms with Gasteiger partial charge in [-0.2, -0.15) is 15.0 Å². The van der Waals surface area contributed by atoms with Crippen LogP contribution in [-0.4, -0.2) is 23.0 Å². The Hall–Kier alpha value is -5.20. The van der Waals surface area contributed by atoms with E-state index in [1.807, 2.05) is 54.6 Å². The minimum atomic E-state index is -0.329. The van der Waals surface area contributed by atoms with Gasteiger partial charge in [-0.05, 0) is 76.1 Å². The summed E-state index contributed by atoms with van der Waals surface area (Å²) in [5.41, 5.74) is 2.90. The minimum absolute atomic E-state index is 0.250. The summed E-state index contributed by atoms with van der Waals surface area (Å²) in [6.45, 7) is 0.250. The van der Waals surface area contributed by atoms with Crippen LogP contribution in [0.5, 0.6) is 11.5 Å². The normalized spacial score (nSPS) is 11.2. The van der Waals surface area contributed by atoms with Gasteiger partial charge in [-0.25, -0.2) is 4.98 Å². The zero-order chi connectivity index (χ0) is 28.3. The fourth-order valence-corrected chi connectivity index (χ4v) is 4.97. The number of rotatable bonds is 7. The maximum atomic E-state index is 13.6. The Labute approximate surface area is 242 Å². The monoisotopic (exact) mass is 604 g/mol. The molecule has 0 saturated carbocycles. The molecule has 0 fully saturated rings. The molecule has 0 spiro atoms. The van der Waals surface area contributed by atoms with Crippen molar-refractivity contribution in [2.24, 2.45) is 5.10 Å². The highest BCUT2D eigenvalue weighted by molar-refractivity contribution is 9.10. The summed E-state index contributed by atoms with van der Waals surface area (Å²) in [5, 5.41) is 15.0. The standard InChI is InChI=1S/C32H21BrN4O4/c1-39-27-11-6-12-28-24(27)16-30(41-28)31-36-26-10-5-4-9-23(26)32(38)37(31)35-18-20-13-14-29(25(33)15-20)40-19-22-8-3-2-7-21(22)17-34/h2-16,18H,19H2,1H3. The van der Waals surface area contributed by atoms with Crippen LogP contribution in [0.2, 0.25) is 0 Å². The van der Waals surface area contributed by atoms with Gasteiger partial charge in [0.2, 0.25) is 5.82 Å². The summed E-state index contributed by atoms with van der Waals surface area (Å²) < 4.78 is 19.4. The number of nitrogens with zero attached hydrogens (tertiary/aromatic N) is 4. The van der Waals surface area contributed by atoms with Crippen molar-refractivity contribution in [1.82, 2.24) is 9.66 Å². The van der Waals surface area contributed by atoms with Gasteiger partial charge in [0.15, 0.2) is 5.76 Å². The summed E-state index contributed by atoms with van der Waals surface area (Å²) in [4.78, 5) is 18.3. The van der Waals surface area contributed by atoms with Gasteiger partial charge < -0.3 is 13.9 Å². The fraction of sp³-hybridized carbons (Fsp3) is 0.0625. The maximum absolute atomic E-state index is 13.6. The molecule has 41 heavy (non-hydrogen) atoms. The number of hydrogen-bond acceptors (Lipinski definition) is 7. The molecule has 6 rings (SSSR count). The molecule has 8 nitrogen and oxygen atoms in total. The van der Waals surface area contributed by atoms with Crippen LogP contribution in [-0.2, 0) is 6.61 Å². The zero-order valence-electron chi connectivity index (χ0n) is 21.7. The van der Waals surface area contributed by atoms with E-state index in [0.717, 1.165) is 16.5 Å². The number of hydrogen-bond donors (Lipinski definition) is 0. The Morgan fingerprint density at radius 2 is 1.83 bits per heavy atom. The molecule has 0 aliphatic rings. The molecule has 0 bridgehead atoms. The van der Waals surface area contributed by atoms with E-state index in [2.05, 4.69) is 27.1 Å². The number of furan rings is 1. The molecule has 0 N–H and O–H groups in total. The summed E-state index contributed by atoms with van der Waals surface area (Å²) in [6, 6.07) is 29.4. The Morgan fingerprint density at radius 1 is 1.00 bits per heavy atom. The summed E-state index contributed by atoms with van der Waals surface area (Å²) in [7, 11) is 1.59. The lowest BCUT2D eigenvalue weighted by atomic mass is 10.1. The average Bonchev–Trinajstić information content (AvgIpc) is 3.45. The number of benzene rings is 4. The van der Waals surface area contributed by atoms with Crippen LogP contribution in [0.3, 0.4) is 0 Å². The molecule has 2 aromatic heterocycles. The topological polar surface area (TPSA) is 103 Å². The van der Waals surface area contributed by atoms with Crippen molar-refractivity contribution in [3.8, 4) is 29.2 Å². The molecule has 2 heterocycles. The average molecular weight is 605 g/mol. The van der Waals surface area contributed by atoms with E-state index < -0.39 is 0 Å². The number of fused-ring (bicyclic) bond motifs is 2. The van der Waals surface area contributed by atoms with Crippen molar-refractivity contribution in [3.63, 3.8) is 0 Å². The van der Waals surface area contributed by atoms with Crippen LogP contribution >= 0.6 is 15.9 Å². The molecule has 0 aliphatic carbocycles. The Balaban J connectivity index is 1.36. The van der Waals surface area contributed by atoms with Crippen LogP contribution in [0.4, 0.5) is 0 Å². The van der Waals surface area contributed by atoms with Crippen molar-refractivity contribution in [2.75, 3.05) is 7.11 Å². The van der Waals surface area contributed by atoms with Crippen molar-refractivity contribution >= 4 is 44.0 Å². The van der Waals surface area contributed by atoms with Gasteiger partial charge in [-0.15, -0.1) is 0 Å². The Kier molecular flexibility index (Phi) is 7.06. The highest BCUT2D eigenvalue weighted by Crippen LogP contribution is 2.33. The van der Waals surface area contributed by atoms with Gasteiger partial charge in [-0.3, -0.25) is 4.79 Å². The summed E-state index contributed by atoms with van der Waals surface area (Å²) in [5.74, 6) is 1.90. The lowest BCUT2D eigenvalue weighted by molar-refractivity contribution is 0.304. The number of halogens is 1. The third-order valence-corrected chi connectivity index (χ3v) is 7.13. The first-order valence-corrected chi connectivity index (χ1v) is 13.4. The van der Waals surface area contributed by atoms with Gasteiger partial charge in [0.25, 0.3) is 5.56 Å². The van der Waals surface area contributed by atoms with Crippen molar-refractivity contribution in [1.29, 1.82) is 5.26 Å². The minimum Gasteiger partial charge on any atom is -0.496 e. The number of ether oxygens (including phenoxy) is 2. The first kappa shape index (κ1) is 26.0. The summed E-state index contributed by atoms with van der Waals surface area (Å²) in [6.07, 6.45) is 1.57. The first-order chi connectivity index (χ1) is 20.1. The zero-order valence-corrected chi connectivity index (χ0v) is 23.3. The second kappa shape index (κ2) is 11.1. The van der Waals surface area contributed by atoms with Crippen LogP contribution in [0.15, 0.2) is 110 Å². The molecular formula is C32H21BrN4O4. The third kappa shape index (κ3) is 5.09. The summed E-state index contributed by atoms with van der Waals surface area (Å²) >= 11 is 3.55. The Bertz CT molecular complexity index is 2060. The molecule has 0 radical (unpaired) electrons. The van der Waals surface area contributed by atoms with E-state index >= 15 is 0 Å². The quantitative estimate of drug-likeness (QED) is 0.183. The molecule has 0 aliphatic heterocycles. The van der Waals surface area contributed by atoms with Gasteiger partial charge in [-0.1, -0.05) is 36.4 Å². The third-order valence-electron chi connectivity index (χ3n) is 6.51. The van der Waals surface area contributed by atoms with E-state index in [1.54, 1.807) is 49.7 Å². The van der Waals surface area contributed by atoms with E-state index in [-0.39, 0.29) is 18.0 Å². The van der Waals surface area contributed by atoms with Crippen molar-refractivity contribution < 1.29 is 13.9 Å². The lowest BCUT2D eigenvalue weighted by Gasteiger charge is -2.10. The largest absolute Gasteiger partial charge is 0.496 e. The van der Waals surface area contributed by atoms with E-state index in [0.29, 0.717) is 43.8 Å². The molecule has 9 heteroatoms. The molecule has 0 saturated heterocycles. The molecule has 200 valence electrons. The SMILES string of the molecule is COc1cccc2oc(-c3nc4ccccc4c(=O)n3N=Cc3ccc(OCc4ccccc4C#N)c(Br)c3)cc12. The molecule has 0 atom stereocenters. The highest BCUT2D eigenvalue weighted by atomic mass is 79.9. The highest BCUT2D eigenvalue weighted by Gasteiger charge is 2.18. The van der Waals surface area contributed by atoms with Gasteiger partial charge in [0.1, 0.15) is 23.7 Å². The molecule has 6 aromatic rings. The second-order valence-corrected chi connectivity index (χ2v) is 9.90. The maximum Gasteiger partial charge on any atom is 0.282 e. The predicted molar refractivity (Wildman–Crippen MR) is 160 cm³/mol. The fourth-order valence-electron chi connectivity index (χ4n) is 4.46. The van der Waals surface area contributed by atoms with Crippen molar-refractivity contribution in [3.05, 3.63) is 123 Å². The predicted octanol–water partition coefficient (Wildman–Crippen LogP) is 6.91. The molecular weight excluding hydrogens is 584 g/mol. The number of nitriles is 1. The van der Waals surface area contributed by atoms with Crippen LogP contribution in [0.25, 0.3) is 33.5 Å². The smallest absolute Gasteiger partial charge is 0.282 e. The number of para-hydroxylation sites is 1. The van der Waals surface area contributed by atoms with E-state index in [1.165, 1.54) is 4.68 Å². The number of methoxy groups -OCH3 is 1. The first-order valence-electron chi connectivity index (χ1n) is 12.6. The van der Waals surface area contributed by atoms with Crippen LogP contribution in [0, 0.1) is 11.3 Å². The van der Waals surface area contributed by atoms with Gasteiger partial charge in [0, 0.05) is 5.56 Å². The van der Waals surface area contributed by atoms with Gasteiger partial charge in [0.05, 0.1) is 45.7 Å². The second-order valence-electron chi connectivity index (χ2n) is 9.04. The molecule has 0 unspecified atom stereocenters. The van der Waals surface area contributed by atoms with Crippen LogP contribution in [0.1, 0.15) is 16.7 Å². The molecule has 0 amide bonds. The Morgan fingerprint density at radius 3 is 2.66 bits per heavy atom. The van der Waals surface area contributed by atoms with Gasteiger partial charge >= 0.3 is 0 Å². The molecule has 4 aromatic carbocycles. The number of aromatic nitrogens is 2. The van der Waals surface area contributed by atoms with E-state index in [9.17, 15) is 10.1 Å². The van der Waals surface area contributed by atoms with Crippen molar-refractivity contribution in [2.45, 2.75) is 6.61 Å². The lowest BCUT2D eigenvalue weighted by Crippen LogP contribution is -2.20. The van der Waals surface area contributed by atoms with Crippen LogP contribution < -0.4 is 15.0 Å².